The zero-order valence-corrected chi connectivity index (χ0v) is 13.6. The van der Waals surface area contributed by atoms with Gasteiger partial charge in [-0.3, -0.25) is 4.90 Å². The molecule has 1 aromatic rings. The molecule has 0 radical (unpaired) electrons. The summed E-state index contributed by atoms with van der Waals surface area (Å²) in [6, 6.07) is 8.57. The molecule has 0 aromatic heterocycles. The molecule has 0 fully saturated rings. The van der Waals surface area contributed by atoms with E-state index < -0.39 is 0 Å². The Morgan fingerprint density at radius 1 is 1.25 bits per heavy atom. The van der Waals surface area contributed by atoms with Crippen LogP contribution < -0.4 is 10.5 Å². The van der Waals surface area contributed by atoms with Crippen LogP contribution in [0.15, 0.2) is 24.3 Å². The van der Waals surface area contributed by atoms with Gasteiger partial charge >= 0.3 is 0 Å². The van der Waals surface area contributed by atoms with Gasteiger partial charge in [-0.05, 0) is 51.4 Å². The molecule has 0 spiro atoms. The first-order valence-electron chi connectivity index (χ1n) is 7.63. The molecule has 0 aliphatic carbocycles. The quantitative estimate of drug-likeness (QED) is 0.828. The van der Waals surface area contributed by atoms with Crippen molar-refractivity contribution >= 4 is 0 Å². The third-order valence-corrected chi connectivity index (χ3v) is 3.52. The Morgan fingerprint density at radius 2 is 1.95 bits per heavy atom. The Balaban J connectivity index is 2.99. The number of likely N-dealkylation sites (N-methyl/N-ethyl adjacent to an activating group) is 1. The number of benzene rings is 1. The van der Waals surface area contributed by atoms with E-state index in [1.54, 1.807) is 0 Å². The molecule has 1 rings (SSSR count). The normalized spacial score (nSPS) is 13.6. The van der Waals surface area contributed by atoms with Gasteiger partial charge in [0.05, 0.1) is 6.61 Å². The first kappa shape index (κ1) is 17.0. The fraction of sp³-hybridized carbons (Fsp3) is 0.647. The Hall–Kier alpha value is -1.06. The fourth-order valence-corrected chi connectivity index (χ4v) is 2.64. The smallest absolute Gasteiger partial charge is 0.119 e. The molecule has 1 unspecified atom stereocenters. The topological polar surface area (TPSA) is 38.5 Å². The average Bonchev–Trinajstić information content (AvgIpc) is 2.41. The van der Waals surface area contributed by atoms with Crippen molar-refractivity contribution in [3.8, 4) is 5.75 Å². The molecule has 1 atom stereocenters. The second-order valence-electron chi connectivity index (χ2n) is 6.13. The van der Waals surface area contributed by atoms with E-state index in [0.717, 1.165) is 25.3 Å². The molecule has 0 saturated carbocycles. The predicted octanol–water partition coefficient (Wildman–Crippen LogP) is 3.60. The molecule has 114 valence electrons. The van der Waals surface area contributed by atoms with Crippen molar-refractivity contribution < 1.29 is 4.74 Å². The molecule has 3 nitrogen and oxygen atoms in total. The molecule has 0 saturated heterocycles. The summed E-state index contributed by atoms with van der Waals surface area (Å²) < 4.78 is 5.73. The fourth-order valence-electron chi connectivity index (χ4n) is 2.64. The van der Waals surface area contributed by atoms with Crippen LogP contribution in [0, 0.1) is 0 Å². The van der Waals surface area contributed by atoms with E-state index in [1.165, 1.54) is 5.56 Å². The van der Waals surface area contributed by atoms with Gasteiger partial charge in [0.2, 0.25) is 0 Å². The van der Waals surface area contributed by atoms with Gasteiger partial charge in [-0.2, -0.15) is 0 Å². The maximum absolute atomic E-state index is 6.05. The zero-order valence-electron chi connectivity index (χ0n) is 13.6. The zero-order chi connectivity index (χ0) is 15.2. The summed E-state index contributed by atoms with van der Waals surface area (Å²) in [5.74, 6) is 0.938. The summed E-state index contributed by atoms with van der Waals surface area (Å²) in [4.78, 5) is 2.44. The number of hydrogen-bond donors (Lipinski definition) is 1. The number of nitrogens with two attached hydrogens (primary N) is 1. The highest BCUT2D eigenvalue weighted by atomic mass is 16.5. The number of nitrogens with zero attached hydrogens (tertiary/aromatic N) is 1. The molecule has 0 heterocycles. The van der Waals surface area contributed by atoms with Gasteiger partial charge in [-0.1, -0.05) is 26.0 Å². The van der Waals surface area contributed by atoms with E-state index in [1.807, 2.05) is 6.07 Å². The second-order valence-corrected chi connectivity index (χ2v) is 6.13. The van der Waals surface area contributed by atoms with Crippen LogP contribution in [-0.4, -0.2) is 30.1 Å². The molecular weight excluding hydrogens is 248 g/mol. The van der Waals surface area contributed by atoms with E-state index in [4.69, 9.17) is 10.5 Å². The van der Waals surface area contributed by atoms with E-state index >= 15 is 0 Å². The van der Waals surface area contributed by atoms with Gasteiger partial charge in [0.15, 0.2) is 0 Å². The van der Waals surface area contributed by atoms with Gasteiger partial charge in [-0.25, -0.2) is 0 Å². The highest BCUT2D eigenvalue weighted by Crippen LogP contribution is 2.29. The highest BCUT2D eigenvalue weighted by molar-refractivity contribution is 5.31. The van der Waals surface area contributed by atoms with E-state index in [9.17, 15) is 0 Å². The summed E-state index contributed by atoms with van der Waals surface area (Å²) in [6.45, 7) is 13.3. The van der Waals surface area contributed by atoms with Crippen molar-refractivity contribution in [2.24, 2.45) is 5.73 Å². The average molecular weight is 278 g/mol. The SMILES string of the molecule is CCCOc1cccc(C(CN)N(CC)C(C)(C)C)c1. The summed E-state index contributed by atoms with van der Waals surface area (Å²) in [5.41, 5.74) is 7.38. The number of rotatable bonds is 7. The minimum atomic E-state index is 0.0963. The van der Waals surface area contributed by atoms with Crippen molar-refractivity contribution in [1.82, 2.24) is 4.90 Å². The number of ether oxygens (including phenoxy) is 1. The molecule has 0 amide bonds. The second kappa shape index (κ2) is 7.65. The van der Waals surface area contributed by atoms with E-state index in [2.05, 4.69) is 57.7 Å². The van der Waals surface area contributed by atoms with Crippen LogP contribution in [-0.2, 0) is 0 Å². The van der Waals surface area contributed by atoms with Gasteiger partial charge < -0.3 is 10.5 Å². The molecule has 0 aliphatic rings. The first-order chi connectivity index (χ1) is 9.43. The molecule has 0 bridgehead atoms. The molecule has 1 aromatic carbocycles. The Bertz CT molecular complexity index is 398. The van der Waals surface area contributed by atoms with Crippen molar-refractivity contribution in [3.63, 3.8) is 0 Å². The van der Waals surface area contributed by atoms with Crippen LogP contribution in [0.2, 0.25) is 0 Å². The lowest BCUT2D eigenvalue weighted by Crippen LogP contribution is -2.46. The van der Waals surface area contributed by atoms with Crippen molar-refractivity contribution in [3.05, 3.63) is 29.8 Å². The number of hydrogen-bond acceptors (Lipinski definition) is 3. The largest absolute Gasteiger partial charge is 0.494 e. The maximum Gasteiger partial charge on any atom is 0.119 e. The lowest BCUT2D eigenvalue weighted by molar-refractivity contribution is 0.0918. The molecule has 2 N–H and O–H groups in total. The third kappa shape index (κ3) is 4.50. The van der Waals surface area contributed by atoms with Crippen LogP contribution in [0.25, 0.3) is 0 Å². The molecule has 20 heavy (non-hydrogen) atoms. The van der Waals surface area contributed by atoms with Crippen LogP contribution in [0.4, 0.5) is 0 Å². The predicted molar refractivity (Wildman–Crippen MR) is 86.2 cm³/mol. The summed E-state index contributed by atoms with van der Waals surface area (Å²) >= 11 is 0. The molecular formula is C17H30N2O. The summed E-state index contributed by atoms with van der Waals surface area (Å²) in [5, 5.41) is 0. The van der Waals surface area contributed by atoms with Gasteiger partial charge in [-0.15, -0.1) is 0 Å². The summed E-state index contributed by atoms with van der Waals surface area (Å²) in [7, 11) is 0. The maximum atomic E-state index is 6.05. The van der Waals surface area contributed by atoms with Crippen LogP contribution >= 0.6 is 0 Å². The standard InChI is InChI=1S/C17H30N2O/c1-6-11-20-15-10-8-9-14(12-15)16(13-18)19(7-2)17(3,4)5/h8-10,12,16H,6-7,11,13,18H2,1-5H3. The minimum Gasteiger partial charge on any atom is -0.494 e. The van der Waals surface area contributed by atoms with E-state index in [0.29, 0.717) is 6.54 Å². The van der Waals surface area contributed by atoms with Gasteiger partial charge in [0.25, 0.3) is 0 Å². The highest BCUT2D eigenvalue weighted by Gasteiger charge is 2.27. The lowest BCUT2D eigenvalue weighted by Gasteiger charge is -2.41. The third-order valence-electron chi connectivity index (χ3n) is 3.52. The molecule has 3 heteroatoms. The Labute approximate surface area is 124 Å². The van der Waals surface area contributed by atoms with Crippen LogP contribution in [0.1, 0.15) is 52.6 Å². The van der Waals surface area contributed by atoms with Crippen LogP contribution in [0.5, 0.6) is 5.75 Å². The van der Waals surface area contributed by atoms with Crippen LogP contribution in [0.3, 0.4) is 0 Å². The van der Waals surface area contributed by atoms with Crippen molar-refractivity contribution in [1.29, 1.82) is 0 Å². The van der Waals surface area contributed by atoms with Gasteiger partial charge in [0, 0.05) is 18.1 Å². The monoisotopic (exact) mass is 278 g/mol. The Morgan fingerprint density at radius 3 is 2.45 bits per heavy atom. The summed E-state index contributed by atoms with van der Waals surface area (Å²) in [6.07, 6.45) is 1.02. The lowest BCUT2D eigenvalue weighted by atomic mass is 9.97. The minimum absolute atomic E-state index is 0.0963. The van der Waals surface area contributed by atoms with E-state index in [-0.39, 0.29) is 11.6 Å². The molecule has 0 aliphatic heterocycles. The Kier molecular flexibility index (Phi) is 6.50. The van der Waals surface area contributed by atoms with Crippen molar-refractivity contribution in [2.75, 3.05) is 19.7 Å². The first-order valence-corrected chi connectivity index (χ1v) is 7.63. The van der Waals surface area contributed by atoms with Gasteiger partial charge in [0.1, 0.15) is 5.75 Å². The van der Waals surface area contributed by atoms with Crippen molar-refractivity contribution in [2.45, 2.75) is 52.6 Å².